The third-order valence-electron chi connectivity index (χ3n) is 3.25. The maximum atomic E-state index is 11.0. The summed E-state index contributed by atoms with van der Waals surface area (Å²) in [6, 6.07) is 4.93. The van der Waals surface area contributed by atoms with Gasteiger partial charge in [-0.05, 0) is 26.0 Å². The molecule has 0 aliphatic rings. The molecule has 0 aliphatic carbocycles. The number of ether oxygens (including phenoxy) is 1. The van der Waals surface area contributed by atoms with E-state index in [1.54, 1.807) is 32.0 Å². The van der Waals surface area contributed by atoms with Gasteiger partial charge < -0.3 is 9.84 Å². The Balaban J connectivity index is 2.05. The van der Waals surface area contributed by atoms with Gasteiger partial charge in [0.25, 0.3) is 0 Å². The summed E-state index contributed by atoms with van der Waals surface area (Å²) in [6.45, 7) is 3.11. The minimum absolute atomic E-state index is 0.0488. The molecule has 7 nitrogen and oxygen atoms in total. The Hall–Kier alpha value is -1.83. The SMILES string of the molecule is Cc1nn(CC(O)COc2c(Cl)cccc2Cl)c(C)c1[N+](=O)[O-]. The Bertz CT molecular complexity index is 713. The van der Waals surface area contributed by atoms with Crippen LogP contribution in [0.25, 0.3) is 0 Å². The highest BCUT2D eigenvalue weighted by Gasteiger charge is 2.23. The van der Waals surface area contributed by atoms with E-state index in [1.165, 1.54) is 4.68 Å². The van der Waals surface area contributed by atoms with Crippen LogP contribution in [0.1, 0.15) is 11.4 Å². The van der Waals surface area contributed by atoms with Gasteiger partial charge in [0.2, 0.25) is 0 Å². The molecule has 0 aliphatic heterocycles. The molecule has 1 atom stereocenters. The molecule has 9 heteroatoms. The Morgan fingerprint density at radius 3 is 2.52 bits per heavy atom. The summed E-state index contributed by atoms with van der Waals surface area (Å²) in [5.41, 5.74) is 0.629. The van der Waals surface area contributed by atoms with Crippen molar-refractivity contribution in [3.05, 3.63) is 49.7 Å². The first kappa shape index (κ1) is 17.5. The predicted octanol–water partition coefficient (Wildman–Crippen LogP) is 3.15. The lowest BCUT2D eigenvalue weighted by atomic mass is 10.3. The van der Waals surface area contributed by atoms with Crippen molar-refractivity contribution in [3.63, 3.8) is 0 Å². The van der Waals surface area contributed by atoms with Crippen LogP contribution in [0.4, 0.5) is 5.69 Å². The van der Waals surface area contributed by atoms with Crippen LogP contribution in [0.2, 0.25) is 10.0 Å². The van der Waals surface area contributed by atoms with Crippen LogP contribution in [-0.2, 0) is 6.54 Å². The van der Waals surface area contributed by atoms with Crippen LogP contribution in [0, 0.1) is 24.0 Å². The fraction of sp³-hybridized carbons (Fsp3) is 0.357. The second-order valence-corrected chi connectivity index (χ2v) is 5.79. The number of aliphatic hydroxyl groups excluding tert-OH is 1. The molecular formula is C14H15Cl2N3O4. The van der Waals surface area contributed by atoms with E-state index in [4.69, 9.17) is 27.9 Å². The molecule has 2 aromatic rings. The van der Waals surface area contributed by atoms with Crippen molar-refractivity contribution < 1.29 is 14.8 Å². The van der Waals surface area contributed by atoms with Gasteiger partial charge in [-0.15, -0.1) is 0 Å². The van der Waals surface area contributed by atoms with Crippen LogP contribution in [0.15, 0.2) is 18.2 Å². The number of aryl methyl sites for hydroxylation is 1. The van der Waals surface area contributed by atoms with E-state index < -0.39 is 11.0 Å². The number of rotatable bonds is 6. The van der Waals surface area contributed by atoms with Crippen LogP contribution in [0.3, 0.4) is 0 Å². The minimum Gasteiger partial charge on any atom is -0.488 e. The van der Waals surface area contributed by atoms with E-state index in [9.17, 15) is 15.2 Å². The number of nitrogens with zero attached hydrogens (tertiary/aromatic N) is 3. The van der Waals surface area contributed by atoms with Gasteiger partial charge >= 0.3 is 5.69 Å². The maximum Gasteiger partial charge on any atom is 0.312 e. The second-order valence-electron chi connectivity index (χ2n) is 4.97. The quantitative estimate of drug-likeness (QED) is 0.631. The molecule has 1 aromatic heterocycles. The fourth-order valence-electron chi connectivity index (χ4n) is 2.18. The summed E-state index contributed by atoms with van der Waals surface area (Å²) in [5, 5.41) is 25.8. The third kappa shape index (κ3) is 3.93. The topological polar surface area (TPSA) is 90.4 Å². The average Bonchev–Trinajstić information content (AvgIpc) is 2.72. The molecular weight excluding hydrogens is 345 g/mol. The molecule has 0 saturated carbocycles. The zero-order chi connectivity index (χ0) is 17.1. The molecule has 2 rings (SSSR count). The highest BCUT2D eigenvalue weighted by molar-refractivity contribution is 6.37. The average molecular weight is 360 g/mol. The van der Waals surface area contributed by atoms with E-state index in [0.29, 0.717) is 21.4 Å². The maximum absolute atomic E-state index is 11.0. The second kappa shape index (κ2) is 7.16. The van der Waals surface area contributed by atoms with E-state index in [1.807, 2.05) is 0 Å². The first-order valence-electron chi connectivity index (χ1n) is 6.74. The molecule has 0 radical (unpaired) electrons. The molecule has 0 bridgehead atoms. The Kier molecular flexibility index (Phi) is 5.46. The zero-order valence-electron chi connectivity index (χ0n) is 12.5. The smallest absolute Gasteiger partial charge is 0.312 e. The summed E-state index contributed by atoms with van der Waals surface area (Å²) in [7, 11) is 0. The van der Waals surface area contributed by atoms with E-state index >= 15 is 0 Å². The molecule has 0 spiro atoms. The molecule has 124 valence electrons. The summed E-state index contributed by atoms with van der Waals surface area (Å²) < 4.78 is 6.82. The molecule has 1 heterocycles. The monoisotopic (exact) mass is 359 g/mol. The lowest BCUT2D eigenvalue weighted by molar-refractivity contribution is -0.386. The van der Waals surface area contributed by atoms with Gasteiger partial charge in [0.1, 0.15) is 24.1 Å². The molecule has 0 amide bonds. The normalized spacial score (nSPS) is 12.2. The number of halogens is 2. The molecule has 1 aromatic carbocycles. The van der Waals surface area contributed by atoms with Gasteiger partial charge in [-0.1, -0.05) is 29.3 Å². The first-order chi connectivity index (χ1) is 10.8. The first-order valence-corrected chi connectivity index (χ1v) is 7.50. The lowest BCUT2D eigenvalue weighted by Crippen LogP contribution is -2.25. The fourth-order valence-corrected chi connectivity index (χ4v) is 2.69. The van der Waals surface area contributed by atoms with Gasteiger partial charge in [0, 0.05) is 0 Å². The van der Waals surface area contributed by atoms with E-state index in [-0.39, 0.29) is 24.6 Å². The number of aromatic nitrogens is 2. The van der Waals surface area contributed by atoms with Crippen LogP contribution >= 0.6 is 23.2 Å². The van der Waals surface area contributed by atoms with Gasteiger partial charge in [-0.3, -0.25) is 14.8 Å². The third-order valence-corrected chi connectivity index (χ3v) is 3.84. The molecule has 1 N–H and O–H groups in total. The Morgan fingerprint density at radius 2 is 2.00 bits per heavy atom. The molecule has 0 saturated heterocycles. The highest BCUT2D eigenvalue weighted by atomic mass is 35.5. The summed E-state index contributed by atoms with van der Waals surface area (Å²) >= 11 is 11.9. The standard InChI is InChI=1S/C14H15Cl2N3O4/c1-8-13(19(21)22)9(2)18(17-8)6-10(20)7-23-14-11(15)4-3-5-12(14)16/h3-5,10,20H,6-7H2,1-2H3. The van der Waals surface area contributed by atoms with Crippen molar-refractivity contribution in [3.8, 4) is 5.75 Å². The van der Waals surface area contributed by atoms with Crippen molar-refractivity contribution in [2.24, 2.45) is 0 Å². The van der Waals surface area contributed by atoms with Crippen molar-refractivity contribution in [2.75, 3.05) is 6.61 Å². The number of hydrogen-bond acceptors (Lipinski definition) is 5. The summed E-state index contributed by atoms with van der Waals surface area (Å²) in [6.07, 6.45) is -0.931. The van der Waals surface area contributed by atoms with Gasteiger partial charge in [0.15, 0.2) is 5.75 Å². The van der Waals surface area contributed by atoms with Crippen LogP contribution in [0.5, 0.6) is 5.75 Å². The molecule has 23 heavy (non-hydrogen) atoms. The van der Waals surface area contributed by atoms with Crippen LogP contribution in [-0.4, -0.2) is 32.5 Å². The van der Waals surface area contributed by atoms with Crippen molar-refractivity contribution >= 4 is 28.9 Å². The van der Waals surface area contributed by atoms with Gasteiger partial charge in [-0.2, -0.15) is 5.10 Å². The summed E-state index contributed by atoms with van der Waals surface area (Å²) in [5.74, 6) is 0.286. The van der Waals surface area contributed by atoms with Crippen molar-refractivity contribution in [1.29, 1.82) is 0 Å². The number of nitro groups is 1. The van der Waals surface area contributed by atoms with Crippen molar-refractivity contribution in [1.82, 2.24) is 9.78 Å². The number of para-hydroxylation sites is 1. The zero-order valence-corrected chi connectivity index (χ0v) is 14.0. The largest absolute Gasteiger partial charge is 0.488 e. The van der Waals surface area contributed by atoms with E-state index in [2.05, 4.69) is 5.10 Å². The lowest BCUT2D eigenvalue weighted by Gasteiger charge is -2.14. The molecule has 0 fully saturated rings. The molecule has 1 unspecified atom stereocenters. The van der Waals surface area contributed by atoms with Crippen molar-refractivity contribution in [2.45, 2.75) is 26.5 Å². The van der Waals surface area contributed by atoms with Crippen LogP contribution < -0.4 is 4.74 Å². The van der Waals surface area contributed by atoms with Gasteiger partial charge in [0.05, 0.1) is 21.5 Å². The summed E-state index contributed by atoms with van der Waals surface area (Å²) in [4.78, 5) is 10.5. The number of benzene rings is 1. The highest BCUT2D eigenvalue weighted by Crippen LogP contribution is 2.32. The Morgan fingerprint density at radius 1 is 1.39 bits per heavy atom. The number of aliphatic hydroxyl groups is 1. The number of hydrogen-bond donors (Lipinski definition) is 1. The Labute approximate surface area is 142 Å². The van der Waals surface area contributed by atoms with E-state index in [0.717, 1.165) is 0 Å². The minimum atomic E-state index is -0.931. The van der Waals surface area contributed by atoms with Gasteiger partial charge in [-0.25, -0.2) is 0 Å². The predicted molar refractivity (Wildman–Crippen MR) is 86.3 cm³/mol.